The minimum Gasteiger partial charge on any atom is -0.455 e. The molecule has 13 aromatic rings. The minimum atomic E-state index is -2.69. The van der Waals surface area contributed by atoms with Crippen molar-refractivity contribution in [2.24, 2.45) is 0 Å². The number of benzene rings is 12. The molecule has 0 radical (unpaired) electrons. The van der Waals surface area contributed by atoms with Gasteiger partial charge in [-0.15, -0.1) is 0 Å². The molecule has 0 aliphatic heterocycles. The van der Waals surface area contributed by atoms with E-state index < -0.39 is 8.07 Å². The van der Waals surface area contributed by atoms with Gasteiger partial charge in [0, 0.05) is 33.2 Å². The lowest BCUT2D eigenvalue weighted by atomic mass is 9.94. The molecule has 324 valence electrons. The molecule has 0 spiro atoms. The van der Waals surface area contributed by atoms with Crippen molar-refractivity contribution in [1.29, 1.82) is 0 Å². The molecule has 1 heterocycles. The first-order valence-electron chi connectivity index (χ1n) is 23.7. The maximum atomic E-state index is 6.50. The van der Waals surface area contributed by atoms with E-state index in [0.717, 1.165) is 49.8 Å². The minimum absolute atomic E-state index is 0.907. The summed E-state index contributed by atoms with van der Waals surface area (Å²) in [6.45, 7) is 0. The Balaban J connectivity index is 0.951. The summed E-state index contributed by atoms with van der Waals surface area (Å²) in [6, 6.07) is 100. The molecule has 0 aliphatic rings. The molecule has 12 aromatic carbocycles. The number of rotatable bonds is 9. The van der Waals surface area contributed by atoms with Crippen LogP contribution >= 0.6 is 0 Å². The van der Waals surface area contributed by atoms with E-state index in [-0.39, 0.29) is 0 Å². The Morgan fingerprint density at radius 1 is 0.275 bits per heavy atom. The average molecular weight is 896 g/mol. The van der Waals surface area contributed by atoms with Crippen molar-refractivity contribution in [2.45, 2.75) is 0 Å². The van der Waals surface area contributed by atoms with Gasteiger partial charge in [-0.05, 0) is 125 Å². The van der Waals surface area contributed by atoms with Gasteiger partial charge in [0.2, 0.25) is 0 Å². The smallest absolute Gasteiger partial charge is 0.179 e. The number of hydrogen-bond donors (Lipinski definition) is 0. The third-order valence-electron chi connectivity index (χ3n) is 14.2. The topological polar surface area (TPSA) is 16.4 Å². The second-order valence-corrected chi connectivity index (χ2v) is 21.8. The fraction of sp³-hybridized carbons (Fsp3) is 0. The highest BCUT2D eigenvalue weighted by atomic mass is 28.3. The van der Waals surface area contributed by atoms with E-state index in [4.69, 9.17) is 4.42 Å². The first kappa shape index (κ1) is 40.5. The van der Waals surface area contributed by atoms with Gasteiger partial charge in [0.1, 0.15) is 11.2 Å². The van der Waals surface area contributed by atoms with Crippen LogP contribution in [0.25, 0.3) is 76.5 Å². The Morgan fingerprint density at radius 3 is 1.32 bits per heavy atom. The molecule has 0 atom stereocenters. The van der Waals surface area contributed by atoms with Crippen LogP contribution in [-0.4, -0.2) is 8.07 Å². The van der Waals surface area contributed by atoms with Crippen molar-refractivity contribution < 1.29 is 4.42 Å². The summed E-state index contributed by atoms with van der Waals surface area (Å²) in [5, 5.41) is 14.9. The molecule has 0 saturated heterocycles. The van der Waals surface area contributed by atoms with Crippen molar-refractivity contribution in [3.05, 3.63) is 273 Å². The van der Waals surface area contributed by atoms with Gasteiger partial charge >= 0.3 is 0 Å². The number of hydrogen-bond acceptors (Lipinski definition) is 2. The normalized spacial score (nSPS) is 11.8. The van der Waals surface area contributed by atoms with Crippen LogP contribution in [0.15, 0.2) is 277 Å². The van der Waals surface area contributed by atoms with E-state index >= 15 is 0 Å². The molecule has 0 fully saturated rings. The maximum Gasteiger partial charge on any atom is 0.179 e. The fourth-order valence-electron chi connectivity index (χ4n) is 11.0. The number of furan rings is 1. The molecule has 0 bridgehead atoms. The summed E-state index contributed by atoms with van der Waals surface area (Å²) in [7, 11) is -2.69. The highest BCUT2D eigenvalue weighted by molar-refractivity contribution is 7.20. The molecular weight excluding hydrogens is 851 g/mol. The summed E-state index contributed by atoms with van der Waals surface area (Å²) in [4.78, 5) is 2.39. The molecule has 0 amide bonds. The number of para-hydroxylation sites is 1. The predicted octanol–water partition coefficient (Wildman–Crippen LogP) is 15.2. The first-order valence-corrected chi connectivity index (χ1v) is 25.7. The van der Waals surface area contributed by atoms with Crippen LogP contribution in [0.4, 0.5) is 17.1 Å². The third-order valence-corrected chi connectivity index (χ3v) is 19.0. The molecule has 1 aromatic heterocycles. The zero-order valence-electron chi connectivity index (χ0n) is 37.8. The van der Waals surface area contributed by atoms with Crippen LogP contribution in [0.1, 0.15) is 0 Å². The SMILES string of the molecule is c1ccc(-c2ccccc2-c2ccc(N(c3ccc4c(ccc5cc([Si](c6ccccc6)(c6ccccc6)c6ccccc6)ccc54)c3)c3ccc4c(ccc5c6ccccc6oc45)c3)cc2)cc1. The third kappa shape index (κ3) is 6.86. The highest BCUT2D eigenvalue weighted by Gasteiger charge is 2.41. The zero-order valence-corrected chi connectivity index (χ0v) is 38.8. The number of fused-ring (bicyclic) bond motifs is 8. The van der Waals surface area contributed by atoms with Gasteiger partial charge in [-0.1, -0.05) is 218 Å². The van der Waals surface area contributed by atoms with Crippen molar-refractivity contribution >= 4 is 100 Å². The van der Waals surface area contributed by atoms with Gasteiger partial charge in [-0.2, -0.15) is 0 Å². The van der Waals surface area contributed by atoms with E-state index in [1.54, 1.807) is 0 Å². The number of anilines is 3. The maximum absolute atomic E-state index is 6.50. The van der Waals surface area contributed by atoms with Gasteiger partial charge in [-0.25, -0.2) is 0 Å². The van der Waals surface area contributed by atoms with Crippen LogP contribution in [-0.2, 0) is 0 Å². The van der Waals surface area contributed by atoms with E-state index in [1.165, 1.54) is 64.5 Å². The second-order valence-electron chi connectivity index (χ2n) is 18.0. The zero-order chi connectivity index (χ0) is 45.7. The van der Waals surface area contributed by atoms with Crippen LogP contribution in [0.5, 0.6) is 0 Å². The van der Waals surface area contributed by atoms with Gasteiger partial charge in [0.05, 0.1) is 0 Å². The molecule has 13 rings (SSSR count). The van der Waals surface area contributed by atoms with Crippen molar-refractivity contribution in [1.82, 2.24) is 0 Å². The van der Waals surface area contributed by atoms with E-state index in [2.05, 4.69) is 272 Å². The quantitative estimate of drug-likeness (QED) is 0.0815. The molecule has 0 saturated carbocycles. The lowest BCUT2D eigenvalue weighted by Crippen LogP contribution is -2.74. The second kappa shape index (κ2) is 16.8. The Kier molecular flexibility index (Phi) is 9.88. The summed E-state index contributed by atoms with van der Waals surface area (Å²) < 4.78 is 6.50. The van der Waals surface area contributed by atoms with Crippen molar-refractivity contribution in [3.63, 3.8) is 0 Å². The van der Waals surface area contributed by atoms with Crippen LogP contribution in [0.2, 0.25) is 0 Å². The standard InChI is InChI=1S/C66H45NOSi/c1-5-17-46(18-6-1)58-25-13-14-26-59(58)47-31-34-51(35-32-47)67(53-37-41-62-49(44-53)33-39-64-63-27-15-16-28-65(63)68-66(62)64)52-36-40-60-48(43-52)29-30-50-45-57(38-42-61(50)60)69(54-19-7-2-8-20-54,55-21-9-3-10-22-55)56-23-11-4-12-24-56/h1-45H. The Morgan fingerprint density at radius 2 is 0.710 bits per heavy atom. The van der Waals surface area contributed by atoms with Crippen LogP contribution in [0, 0.1) is 0 Å². The molecule has 69 heavy (non-hydrogen) atoms. The molecule has 0 unspecified atom stereocenters. The molecule has 3 heteroatoms. The van der Waals surface area contributed by atoms with Crippen LogP contribution in [0.3, 0.4) is 0 Å². The summed E-state index contributed by atoms with van der Waals surface area (Å²) >= 11 is 0. The fourth-order valence-corrected chi connectivity index (χ4v) is 15.8. The van der Waals surface area contributed by atoms with Gasteiger partial charge in [0.15, 0.2) is 8.07 Å². The largest absolute Gasteiger partial charge is 0.455 e. The Bertz CT molecular complexity index is 3900. The molecular formula is C66H45NOSi. The lowest BCUT2D eigenvalue weighted by molar-refractivity contribution is 0.672. The first-order chi connectivity index (χ1) is 34.2. The Hall–Kier alpha value is -8.76. The van der Waals surface area contributed by atoms with Crippen molar-refractivity contribution in [2.75, 3.05) is 4.90 Å². The monoisotopic (exact) mass is 895 g/mol. The highest BCUT2D eigenvalue weighted by Crippen LogP contribution is 2.42. The van der Waals surface area contributed by atoms with Gasteiger partial charge in [0.25, 0.3) is 0 Å². The summed E-state index contributed by atoms with van der Waals surface area (Å²) in [6.07, 6.45) is 0. The number of nitrogens with zero attached hydrogens (tertiary/aromatic N) is 1. The summed E-state index contributed by atoms with van der Waals surface area (Å²) in [5.41, 5.74) is 9.87. The Labute approximate surface area is 402 Å². The van der Waals surface area contributed by atoms with E-state index in [1.807, 2.05) is 6.07 Å². The molecule has 0 aliphatic carbocycles. The van der Waals surface area contributed by atoms with Crippen molar-refractivity contribution in [3.8, 4) is 22.3 Å². The average Bonchev–Trinajstić information content (AvgIpc) is 3.82. The summed E-state index contributed by atoms with van der Waals surface area (Å²) in [5.74, 6) is 0. The van der Waals surface area contributed by atoms with Crippen LogP contribution < -0.4 is 25.6 Å². The molecule has 0 N–H and O–H groups in total. The van der Waals surface area contributed by atoms with Gasteiger partial charge in [-0.3, -0.25) is 0 Å². The molecule has 2 nitrogen and oxygen atoms in total. The van der Waals surface area contributed by atoms with Gasteiger partial charge < -0.3 is 9.32 Å². The van der Waals surface area contributed by atoms with E-state index in [0.29, 0.717) is 0 Å². The lowest BCUT2D eigenvalue weighted by Gasteiger charge is -2.34. The van der Waals surface area contributed by atoms with E-state index in [9.17, 15) is 0 Å². The predicted molar refractivity (Wildman–Crippen MR) is 295 cm³/mol.